The molecule has 0 bridgehead atoms. The maximum Gasteiger partial charge on any atom is 0.217 e. The summed E-state index contributed by atoms with van der Waals surface area (Å²) in [7, 11) is -3.03. The van der Waals surface area contributed by atoms with Crippen LogP contribution in [-0.4, -0.2) is 30.6 Å². The molecule has 4 rings (SSSR count). The molecule has 2 aliphatic carbocycles. The van der Waals surface area contributed by atoms with Crippen LogP contribution in [0.2, 0.25) is 0 Å². The van der Waals surface area contributed by atoms with Crippen LogP contribution in [0.3, 0.4) is 0 Å². The van der Waals surface area contributed by atoms with Crippen molar-refractivity contribution in [2.24, 2.45) is 5.92 Å². The van der Waals surface area contributed by atoms with Crippen LogP contribution < -0.4 is 0 Å². The van der Waals surface area contributed by atoms with Crippen molar-refractivity contribution in [3.63, 3.8) is 0 Å². The molecule has 0 spiro atoms. The second-order valence-electron chi connectivity index (χ2n) is 6.49. The molecule has 0 N–H and O–H groups in total. The molecule has 0 amide bonds. The lowest BCUT2D eigenvalue weighted by molar-refractivity contribution is 0.365. The van der Waals surface area contributed by atoms with E-state index >= 15 is 0 Å². The zero-order valence-corrected chi connectivity index (χ0v) is 12.4. The van der Waals surface area contributed by atoms with Crippen molar-refractivity contribution in [3.8, 4) is 0 Å². The van der Waals surface area contributed by atoms with Crippen molar-refractivity contribution in [1.82, 2.24) is 4.31 Å². The van der Waals surface area contributed by atoms with Gasteiger partial charge in [-0.2, -0.15) is 4.31 Å². The van der Waals surface area contributed by atoms with Crippen molar-refractivity contribution < 1.29 is 8.42 Å². The van der Waals surface area contributed by atoms with Gasteiger partial charge in [-0.15, -0.1) is 0 Å². The van der Waals surface area contributed by atoms with E-state index in [1.807, 2.05) is 10.4 Å². The highest BCUT2D eigenvalue weighted by Crippen LogP contribution is 2.49. The summed E-state index contributed by atoms with van der Waals surface area (Å²) < 4.78 is 27.2. The van der Waals surface area contributed by atoms with E-state index in [4.69, 9.17) is 0 Å². The van der Waals surface area contributed by atoms with Gasteiger partial charge in [-0.1, -0.05) is 36.8 Å². The van der Waals surface area contributed by atoms with E-state index in [0.29, 0.717) is 18.4 Å². The van der Waals surface area contributed by atoms with Gasteiger partial charge < -0.3 is 0 Å². The van der Waals surface area contributed by atoms with Crippen LogP contribution in [0.25, 0.3) is 0 Å². The molecule has 1 saturated heterocycles. The van der Waals surface area contributed by atoms with Crippen LogP contribution in [0, 0.1) is 5.92 Å². The Morgan fingerprint density at radius 1 is 1.00 bits per heavy atom. The van der Waals surface area contributed by atoms with E-state index in [9.17, 15) is 8.42 Å². The summed E-state index contributed by atoms with van der Waals surface area (Å²) in [6, 6.07) is 10.8. The molecule has 2 saturated carbocycles. The zero-order valence-electron chi connectivity index (χ0n) is 11.6. The highest BCUT2D eigenvalue weighted by Gasteiger charge is 2.52. The molecule has 1 aromatic rings. The molecule has 3 nitrogen and oxygen atoms in total. The Kier molecular flexibility index (Phi) is 2.93. The summed E-state index contributed by atoms with van der Waals surface area (Å²) in [5.74, 6) is 0.933. The topological polar surface area (TPSA) is 37.4 Å². The van der Waals surface area contributed by atoms with Crippen LogP contribution in [0.4, 0.5) is 0 Å². The van der Waals surface area contributed by atoms with Gasteiger partial charge in [-0.05, 0) is 37.2 Å². The fourth-order valence-corrected chi connectivity index (χ4v) is 6.29. The molecule has 4 heteroatoms. The third-order valence-corrected chi connectivity index (χ3v) is 7.68. The molecule has 108 valence electrons. The number of rotatable bonds is 3. The summed E-state index contributed by atoms with van der Waals surface area (Å²) in [5.41, 5.74) is 1.32. The summed E-state index contributed by atoms with van der Waals surface area (Å²) in [6.45, 7) is 0.707. The first kappa shape index (κ1) is 12.8. The van der Waals surface area contributed by atoms with Crippen molar-refractivity contribution in [3.05, 3.63) is 35.9 Å². The van der Waals surface area contributed by atoms with E-state index < -0.39 is 10.0 Å². The van der Waals surface area contributed by atoms with E-state index in [1.54, 1.807) is 0 Å². The molecule has 0 aromatic heterocycles. The van der Waals surface area contributed by atoms with Crippen LogP contribution in [0.1, 0.15) is 43.6 Å². The molecule has 3 atom stereocenters. The summed E-state index contributed by atoms with van der Waals surface area (Å²) in [5, 5.41) is -0.0710. The monoisotopic (exact) mass is 291 g/mol. The average Bonchev–Trinajstić information content (AvgIpc) is 3.10. The van der Waals surface area contributed by atoms with Gasteiger partial charge in [0, 0.05) is 18.5 Å². The van der Waals surface area contributed by atoms with Gasteiger partial charge in [0.2, 0.25) is 10.0 Å². The van der Waals surface area contributed by atoms with Crippen LogP contribution in [-0.2, 0) is 10.0 Å². The lowest BCUT2D eigenvalue weighted by atomic mass is 9.87. The summed E-state index contributed by atoms with van der Waals surface area (Å²) in [6.07, 6.45) is 5.15. The number of sulfonamides is 1. The minimum absolute atomic E-state index is 0.0710. The number of fused-ring (bicyclic) bond motifs is 1. The molecule has 0 radical (unpaired) electrons. The predicted molar refractivity (Wildman–Crippen MR) is 79.0 cm³/mol. The predicted octanol–water partition coefficient (Wildman–Crippen LogP) is 2.75. The first-order valence-corrected chi connectivity index (χ1v) is 9.24. The fourth-order valence-electron chi connectivity index (χ4n) is 4.16. The minimum atomic E-state index is -3.03. The van der Waals surface area contributed by atoms with Gasteiger partial charge in [0.25, 0.3) is 0 Å². The molecule has 1 aliphatic heterocycles. The first-order valence-electron chi connectivity index (χ1n) is 7.73. The van der Waals surface area contributed by atoms with Gasteiger partial charge in [-0.25, -0.2) is 8.42 Å². The third kappa shape index (κ3) is 1.92. The summed E-state index contributed by atoms with van der Waals surface area (Å²) >= 11 is 0. The molecule has 1 heterocycles. The lowest BCUT2D eigenvalue weighted by Gasteiger charge is -2.22. The molecule has 1 aromatic carbocycles. The molecule has 20 heavy (non-hydrogen) atoms. The second kappa shape index (κ2) is 4.57. The number of hydrogen-bond acceptors (Lipinski definition) is 2. The van der Waals surface area contributed by atoms with E-state index in [-0.39, 0.29) is 11.3 Å². The lowest BCUT2D eigenvalue weighted by Crippen LogP contribution is -2.38. The maximum atomic E-state index is 12.6. The van der Waals surface area contributed by atoms with Crippen molar-refractivity contribution >= 4 is 10.0 Å². The Morgan fingerprint density at radius 3 is 2.45 bits per heavy atom. The highest BCUT2D eigenvalue weighted by molar-refractivity contribution is 7.90. The number of hydrogen-bond donors (Lipinski definition) is 0. The Morgan fingerprint density at radius 2 is 1.75 bits per heavy atom. The molecular formula is C16H21NO2S. The molecule has 3 aliphatic rings. The maximum absolute atomic E-state index is 12.6. The minimum Gasteiger partial charge on any atom is -0.212 e. The third-order valence-electron chi connectivity index (χ3n) is 5.30. The molecule has 3 fully saturated rings. The normalized spacial score (nSPS) is 34.3. The van der Waals surface area contributed by atoms with Crippen molar-refractivity contribution in [1.29, 1.82) is 0 Å². The van der Waals surface area contributed by atoms with Crippen molar-refractivity contribution in [2.45, 2.75) is 49.3 Å². The van der Waals surface area contributed by atoms with E-state index in [2.05, 4.69) is 24.3 Å². The summed E-state index contributed by atoms with van der Waals surface area (Å²) in [4.78, 5) is 0. The van der Waals surface area contributed by atoms with Gasteiger partial charge in [-0.3, -0.25) is 0 Å². The van der Waals surface area contributed by atoms with Gasteiger partial charge in [0.05, 0.1) is 5.25 Å². The molecule has 3 unspecified atom stereocenters. The Hall–Kier alpha value is -0.870. The van der Waals surface area contributed by atoms with Crippen LogP contribution in [0.15, 0.2) is 30.3 Å². The van der Waals surface area contributed by atoms with Crippen molar-refractivity contribution in [2.75, 3.05) is 6.54 Å². The Bertz CT molecular complexity index is 594. The SMILES string of the molecule is O=S(=O)(C1CC1)N1CC(c2ccccc2)C2CCCC21. The standard InChI is InChI=1S/C16H21NO2S/c18-20(19,13-9-10-13)17-11-15(12-5-2-1-3-6-12)14-7-4-8-16(14)17/h1-3,5-6,13-16H,4,7-11H2. The Balaban J connectivity index is 1.67. The largest absolute Gasteiger partial charge is 0.217 e. The van der Waals surface area contributed by atoms with Crippen LogP contribution >= 0.6 is 0 Å². The fraction of sp³-hybridized carbons (Fsp3) is 0.625. The van der Waals surface area contributed by atoms with Gasteiger partial charge in [0.15, 0.2) is 0 Å². The number of nitrogens with zero attached hydrogens (tertiary/aromatic N) is 1. The smallest absolute Gasteiger partial charge is 0.212 e. The highest BCUT2D eigenvalue weighted by atomic mass is 32.2. The van der Waals surface area contributed by atoms with E-state index in [0.717, 1.165) is 19.3 Å². The van der Waals surface area contributed by atoms with E-state index in [1.165, 1.54) is 18.4 Å². The van der Waals surface area contributed by atoms with Gasteiger partial charge in [0.1, 0.15) is 0 Å². The van der Waals surface area contributed by atoms with Crippen LogP contribution in [0.5, 0.6) is 0 Å². The molecular weight excluding hydrogens is 270 g/mol. The average molecular weight is 291 g/mol. The second-order valence-corrected chi connectivity index (χ2v) is 8.66. The Labute approximate surface area is 121 Å². The zero-order chi connectivity index (χ0) is 13.7. The quantitative estimate of drug-likeness (QED) is 0.858. The van der Waals surface area contributed by atoms with Gasteiger partial charge >= 0.3 is 0 Å². The first-order chi connectivity index (χ1) is 9.68. The number of benzene rings is 1.